The fourth-order valence-electron chi connectivity index (χ4n) is 2.37. The van der Waals surface area contributed by atoms with Crippen LogP contribution in [-0.4, -0.2) is 54.6 Å². The highest BCUT2D eigenvalue weighted by atomic mass is 32.2. The lowest BCUT2D eigenvalue weighted by Gasteiger charge is -2.34. The Labute approximate surface area is 131 Å². The van der Waals surface area contributed by atoms with Crippen LogP contribution in [0.15, 0.2) is 6.07 Å². The molecule has 8 heteroatoms. The van der Waals surface area contributed by atoms with Gasteiger partial charge in [-0.05, 0) is 19.4 Å². The van der Waals surface area contributed by atoms with E-state index in [4.69, 9.17) is 5.26 Å². The molecule has 2 heterocycles. The van der Waals surface area contributed by atoms with E-state index in [1.54, 1.807) is 10.4 Å². The quantitative estimate of drug-likeness (QED) is 0.800. The summed E-state index contributed by atoms with van der Waals surface area (Å²) in [6.07, 6.45) is 1.56. The van der Waals surface area contributed by atoms with Crippen molar-refractivity contribution in [3.8, 4) is 6.07 Å². The highest BCUT2D eigenvalue weighted by Crippen LogP contribution is 2.15. The molecule has 0 unspecified atom stereocenters. The summed E-state index contributed by atoms with van der Waals surface area (Å²) >= 11 is 0. The van der Waals surface area contributed by atoms with E-state index < -0.39 is 10.0 Å². The van der Waals surface area contributed by atoms with E-state index in [0.717, 1.165) is 12.1 Å². The Morgan fingerprint density at radius 2 is 1.95 bits per heavy atom. The summed E-state index contributed by atoms with van der Waals surface area (Å²) in [5.41, 5.74) is 1.07. The molecule has 0 saturated carbocycles. The normalized spacial score (nSPS) is 16.5. The van der Waals surface area contributed by atoms with E-state index in [1.807, 2.05) is 24.8 Å². The summed E-state index contributed by atoms with van der Waals surface area (Å²) in [5, 5.41) is 8.97. The highest BCUT2D eigenvalue weighted by Gasteiger charge is 2.27. The molecular formula is C14H21N5O2S. The number of sulfonamides is 1. The molecule has 0 radical (unpaired) electrons. The first-order valence-corrected chi connectivity index (χ1v) is 9.05. The number of aromatic nitrogens is 2. The fraction of sp³-hybridized carbons (Fsp3) is 0.643. The van der Waals surface area contributed by atoms with Gasteiger partial charge in [-0.15, -0.1) is 0 Å². The summed E-state index contributed by atoms with van der Waals surface area (Å²) in [6.45, 7) is 5.75. The summed E-state index contributed by atoms with van der Waals surface area (Å²) in [4.78, 5) is 10.5. The minimum absolute atomic E-state index is 0.211. The first kappa shape index (κ1) is 16.6. The third-order valence-corrected chi connectivity index (χ3v) is 5.58. The van der Waals surface area contributed by atoms with Crippen molar-refractivity contribution in [2.75, 3.05) is 36.8 Å². The van der Waals surface area contributed by atoms with Crippen LogP contribution in [0.3, 0.4) is 0 Å². The molecular weight excluding hydrogens is 302 g/mol. The van der Waals surface area contributed by atoms with Gasteiger partial charge in [0.25, 0.3) is 0 Å². The number of nitrogens with zero attached hydrogens (tertiary/aromatic N) is 5. The van der Waals surface area contributed by atoms with Gasteiger partial charge in [-0.1, -0.05) is 13.3 Å². The molecule has 0 aliphatic carbocycles. The number of anilines is 1. The minimum atomic E-state index is -3.16. The Kier molecular flexibility index (Phi) is 5.32. The van der Waals surface area contributed by atoms with Crippen LogP contribution in [0.5, 0.6) is 0 Å². The predicted octanol–water partition coefficient (Wildman–Crippen LogP) is 0.909. The molecule has 0 N–H and O–H groups in total. The van der Waals surface area contributed by atoms with Gasteiger partial charge >= 0.3 is 0 Å². The van der Waals surface area contributed by atoms with Gasteiger partial charge in [0, 0.05) is 31.9 Å². The van der Waals surface area contributed by atoms with Gasteiger partial charge < -0.3 is 4.90 Å². The predicted molar refractivity (Wildman–Crippen MR) is 84.0 cm³/mol. The zero-order valence-electron chi connectivity index (χ0n) is 13.0. The molecule has 120 valence electrons. The van der Waals surface area contributed by atoms with E-state index in [1.165, 1.54) is 0 Å². The second-order valence-electron chi connectivity index (χ2n) is 5.36. The average molecular weight is 323 g/mol. The van der Waals surface area contributed by atoms with Gasteiger partial charge in [0.15, 0.2) is 0 Å². The van der Waals surface area contributed by atoms with E-state index >= 15 is 0 Å². The van der Waals surface area contributed by atoms with Crippen LogP contribution in [0, 0.1) is 18.3 Å². The van der Waals surface area contributed by atoms with Crippen molar-refractivity contribution in [3.05, 3.63) is 17.5 Å². The van der Waals surface area contributed by atoms with Crippen molar-refractivity contribution in [2.24, 2.45) is 0 Å². The number of aryl methyl sites for hydroxylation is 1. The van der Waals surface area contributed by atoms with Crippen molar-refractivity contribution < 1.29 is 8.42 Å². The molecule has 0 atom stereocenters. The van der Waals surface area contributed by atoms with Gasteiger partial charge in [0.1, 0.15) is 11.8 Å². The number of hydrogen-bond donors (Lipinski definition) is 0. The van der Waals surface area contributed by atoms with E-state index in [9.17, 15) is 8.42 Å². The summed E-state index contributed by atoms with van der Waals surface area (Å²) < 4.78 is 25.9. The molecule has 2 rings (SSSR count). The van der Waals surface area contributed by atoms with Crippen LogP contribution >= 0.6 is 0 Å². The van der Waals surface area contributed by atoms with Gasteiger partial charge in [-0.2, -0.15) is 9.57 Å². The number of unbranched alkanes of at least 4 members (excludes halogenated alkanes) is 1. The Bertz CT molecular complexity index is 660. The van der Waals surface area contributed by atoms with E-state index in [-0.39, 0.29) is 5.75 Å². The van der Waals surface area contributed by atoms with Crippen molar-refractivity contribution in [1.29, 1.82) is 5.26 Å². The van der Waals surface area contributed by atoms with Crippen LogP contribution in [-0.2, 0) is 10.0 Å². The van der Waals surface area contributed by atoms with Crippen LogP contribution in [0.2, 0.25) is 0 Å². The van der Waals surface area contributed by atoms with E-state index in [0.29, 0.717) is 44.2 Å². The molecule has 1 saturated heterocycles. The second-order valence-corrected chi connectivity index (χ2v) is 7.45. The summed E-state index contributed by atoms with van der Waals surface area (Å²) in [5.74, 6) is 0.713. The van der Waals surface area contributed by atoms with Gasteiger partial charge in [-0.25, -0.2) is 18.4 Å². The van der Waals surface area contributed by atoms with E-state index in [2.05, 4.69) is 9.97 Å². The van der Waals surface area contributed by atoms with Crippen molar-refractivity contribution in [3.63, 3.8) is 0 Å². The van der Waals surface area contributed by atoms with Gasteiger partial charge in [0.2, 0.25) is 16.0 Å². The molecule has 1 aliphatic rings. The molecule has 1 aromatic rings. The maximum Gasteiger partial charge on any atom is 0.226 e. The largest absolute Gasteiger partial charge is 0.338 e. The molecule has 1 aliphatic heterocycles. The molecule has 0 spiro atoms. The third kappa shape index (κ3) is 3.93. The molecule has 1 fully saturated rings. The third-order valence-electron chi connectivity index (χ3n) is 3.63. The average Bonchev–Trinajstić information content (AvgIpc) is 2.52. The molecule has 22 heavy (non-hydrogen) atoms. The SMILES string of the molecule is CCCCS(=O)(=O)N1CCN(c2nc(C)cc(C#N)n2)CC1. The Balaban J connectivity index is 2.04. The zero-order valence-corrected chi connectivity index (χ0v) is 13.8. The first-order valence-electron chi connectivity index (χ1n) is 7.45. The molecule has 0 bridgehead atoms. The lowest BCUT2D eigenvalue weighted by atomic mass is 10.3. The molecule has 7 nitrogen and oxygen atoms in total. The zero-order chi connectivity index (χ0) is 16.2. The Hall–Kier alpha value is -1.72. The summed E-state index contributed by atoms with van der Waals surface area (Å²) in [7, 11) is -3.16. The van der Waals surface area contributed by atoms with Crippen LogP contribution < -0.4 is 4.90 Å². The molecule has 1 aromatic heterocycles. The standard InChI is InChI=1S/C14H21N5O2S/c1-3-4-9-22(20,21)19-7-5-18(6-8-19)14-16-12(2)10-13(11-15)17-14/h10H,3-9H2,1-2H3. The maximum absolute atomic E-state index is 12.2. The monoisotopic (exact) mass is 323 g/mol. The van der Waals surface area contributed by atoms with Crippen molar-refractivity contribution in [2.45, 2.75) is 26.7 Å². The highest BCUT2D eigenvalue weighted by molar-refractivity contribution is 7.89. The first-order chi connectivity index (χ1) is 10.5. The topological polar surface area (TPSA) is 90.2 Å². The number of piperazine rings is 1. The second kappa shape index (κ2) is 7.03. The number of rotatable bonds is 5. The number of nitriles is 1. The summed E-state index contributed by atoms with van der Waals surface area (Å²) in [6, 6.07) is 3.65. The van der Waals surface area contributed by atoms with Gasteiger partial charge in [0.05, 0.1) is 5.75 Å². The van der Waals surface area contributed by atoms with Crippen LogP contribution in [0.1, 0.15) is 31.2 Å². The Morgan fingerprint density at radius 1 is 1.27 bits per heavy atom. The Morgan fingerprint density at radius 3 is 2.55 bits per heavy atom. The lowest BCUT2D eigenvalue weighted by molar-refractivity contribution is 0.382. The number of hydrogen-bond acceptors (Lipinski definition) is 6. The van der Waals surface area contributed by atoms with Crippen molar-refractivity contribution >= 4 is 16.0 Å². The van der Waals surface area contributed by atoms with Gasteiger partial charge in [-0.3, -0.25) is 0 Å². The smallest absolute Gasteiger partial charge is 0.226 e. The van der Waals surface area contributed by atoms with Crippen LogP contribution in [0.25, 0.3) is 0 Å². The minimum Gasteiger partial charge on any atom is -0.338 e. The van der Waals surface area contributed by atoms with Crippen molar-refractivity contribution in [1.82, 2.24) is 14.3 Å². The fourth-order valence-corrected chi connectivity index (χ4v) is 4.01. The molecule has 0 amide bonds. The lowest BCUT2D eigenvalue weighted by Crippen LogP contribution is -2.49. The van der Waals surface area contributed by atoms with Crippen LogP contribution in [0.4, 0.5) is 5.95 Å². The molecule has 0 aromatic carbocycles. The maximum atomic E-state index is 12.2.